The van der Waals surface area contributed by atoms with Crippen molar-refractivity contribution in [2.24, 2.45) is 5.92 Å². The van der Waals surface area contributed by atoms with Crippen molar-refractivity contribution in [3.63, 3.8) is 0 Å². The number of aromatic nitrogens is 1. The fourth-order valence-corrected chi connectivity index (χ4v) is 5.17. The Morgan fingerprint density at radius 3 is 2.73 bits per heavy atom. The van der Waals surface area contributed by atoms with Crippen LogP contribution in [0.3, 0.4) is 0 Å². The van der Waals surface area contributed by atoms with Crippen LogP contribution < -0.4 is 5.32 Å². The van der Waals surface area contributed by atoms with Crippen molar-refractivity contribution in [1.29, 1.82) is 0 Å². The second-order valence-electron chi connectivity index (χ2n) is 10.1. The molecule has 2 aliphatic heterocycles. The van der Waals surface area contributed by atoms with Gasteiger partial charge in [0.15, 0.2) is 0 Å². The van der Waals surface area contributed by atoms with E-state index >= 15 is 0 Å². The Kier molecular flexibility index (Phi) is 6.98. The number of nitrogens with zero attached hydrogens (tertiary/aromatic N) is 2. The van der Waals surface area contributed by atoms with E-state index in [-0.39, 0.29) is 35.9 Å². The van der Waals surface area contributed by atoms with Crippen LogP contribution in [0.4, 0.5) is 10.6 Å². The van der Waals surface area contributed by atoms with Crippen LogP contribution in [-0.4, -0.2) is 78.8 Å². The van der Waals surface area contributed by atoms with Crippen LogP contribution in [0.1, 0.15) is 40.5 Å². The van der Waals surface area contributed by atoms with E-state index < -0.39 is 5.60 Å². The largest absolute Gasteiger partial charge is 0.443 e. The predicted octanol–water partition coefficient (Wildman–Crippen LogP) is 3.64. The van der Waals surface area contributed by atoms with Crippen molar-refractivity contribution in [2.75, 3.05) is 38.7 Å². The Bertz CT molecular complexity index is 845. The molecule has 1 aromatic rings. The highest BCUT2D eigenvalue weighted by molar-refractivity contribution is 5.69. The molecule has 1 aromatic heterocycles. The summed E-state index contributed by atoms with van der Waals surface area (Å²) in [5.41, 5.74) is 0.460. The first-order valence-electron chi connectivity index (χ1n) is 11.8. The van der Waals surface area contributed by atoms with Gasteiger partial charge in [-0.3, -0.25) is 0 Å². The number of likely N-dealkylation sites (tertiary alicyclic amines) is 1. The number of methoxy groups -OCH3 is 1. The first-order chi connectivity index (χ1) is 15.7. The topological polar surface area (TPSA) is 85.5 Å². The summed E-state index contributed by atoms with van der Waals surface area (Å²) in [5, 5.41) is 3.34. The third-order valence-corrected chi connectivity index (χ3v) is 7.01. The number of amides is 1. The van der Waals surface area contributed by atoms with Gasteiger partial charge in [0.1, 0.15) is 18.0 Å². The zero-order valence-corrected chi connectivity index (χ0v) is 20.4. The summed E-state index contributed by atoms with van der Waals surface area (Å²) >= 11 is 0. The van der Waals surface area contributed by atoms with Gasteiger partial charge >= 0.3 is 6.09 Å². The lowest BCUT2D eigenvalue weighted by Gasteiger charge is -2.48. The third-order valence-electron chi connectivity index (χ3n) is 7.01. The monoisotopic (exact) mass is 459 g/mol. The summed E-state index contributed by atoms with van der Waals surface area (Å²) in [5.74, 6) is 0.775. The molecule has 3 heterocycles. The first kappa shape index (κ1) is 24.0. The highest BCUT2D eigenvalue weighted by atomic mass is 16.6. The van der Waals surface area contributed by atoms with Gasteiger partial charge < -0.3 is 29.2 Å². The lowest BCUT2D eigenvalue weighted by atomic mass is 9.68. The number of rotatable bonds is 8. The van der Waals surface area contributed by atoms with Crippen LogP contribution in [0.2, 0.25) is 0 Å². The number of ether oxygens (including phenoxy) is 4. The second-order valence-corrected chi connectivity index (χ2v) is 10.1. The van der Waals surface area contributed by atoms with E-state index in [0.29, 0.717) is 32.7 Å². The van der Waals surface area contributed by atoms with Crippen LogP contribution >= 0.6 is 0 Å². The molecule has 1 N–H and O–H groups in total. The van der Waals surface area contributed by atoms with Crippen molar-refractivity contribution in [1.82, 2.24) is 9.88 Å². The van der Waals surface area contributed by atoms with Gasteiger partial charge in [0, 0.05) is 32.3 Å². The summed E-state index contributed by atoms with van der Waals surface area (Å²) < 4.78 is 24.2. The van der Waals surface area contributed by atoms with Crippen LogP contribution in [0.15, 0.2) is 36.0 Å². The molecule has 0 radical (unpaired) electrons. The Hall–Kier alpha value is -2.16. The normalized spacial score (nSPS) is 29.4. The summed E-state index contributed by atoms with van der Waals surface area (Å²) in [4.78, 5) is 18.9. The van der Waals surface area contributed by atoms with Gasteiger partial charge in [-0.05, 0) is 52.7 Å². The zero-order chi connectivity index (χ0) is 23.6. The van der Waals surface area contributed by atoms with E-state index in [2.05, 4.69) is 44.1 Å². The predicted molar refractivity (Wildman–Crippen MR) is 125 cm³/mol. The maximum Gasteiger partial charge on any atom is 0.410 e. The Morgan fingerprint density at radius 1 is 1.36 bits per heavy atom. The standard InChI is InChI=1S/C25H37N3O5/c1-17(2)10-13-31-24(3,4)22-21(30-5)19(9-11-25(22)16-32-25)33-23(29)28-14-18(15-28)27-20-8-6-7-12-26-20/h6-8,10,12,18-19,21-22H,9,11,13-16H2,1-5H3,(H,26,27)/t19-,21-,22-,25+/m1/s1. The minimum Gasteiger partial charge on any atom is -0.443 e. The Labute approximate surface area is 196 Å². The van der Waals surface area contributed by atoms with Crippen molar-refractivity contribution >= 4 is 11.9 Å². The van der Waals surface area contributed by atoms with Gasteiger partial charge in [-0.1, -0.05) is 17.7 Å². The minimum atomic E-state index is -0.497. The molecular formula is C25H37N3O5. The van der Waals surface area contributed by atoms with Gasteiger partial charge in [0.25, 0.3) is 0 Å². The van der Waals surface area contributed by atoms with Crippen molar-refractivity contribution in [3.05, 3.63) is 36.0 Å². The average Bonchev–Trinajstić information content (AvgIpc) is 3.51. The fourth-order valence-electron chi connectivity index (χ4n) is 5.17. The van der Waals surface area contributed by atoms with Gasteiger partial charge in [-0.2, -0.15) is 0 Å². The van der Waals surface area contributed by atoms with E-state index in [1.54, 1.807) is 18.2 Å². The maximum atomic E-state index is 12.9. The summed E-state index contributed by atoms with van der Waals surface area (Å²) in [7, 11) is 1.68. The lowest BCUT2D eigenvalue weighted by Crippen LogP contribution is -2.61. The van der Waals surface area contributed by atoms with Gasteiger partial charge in [0.2, 0.25) is 0 Å². The molecular weight excluding hydrogens is 422 g/mol. The Morgan fingerprint density at radius 2 is 2.12 bits per heavy atom. The number of allylic oxidation sites excluding steroid dienone is 1. The van der Waals surface area contributed by atoms with Gasteiger partial charge in [-0.25, -0.2) is 9.78 Å². The van der Waals surface area contributed by atoms with Crippen LogP contribution in [-0.2, 0) is 18.9 Å². The number of carbonyl (C=O) groups excluding carboxylic acids is 1. The Balaban J connectivity index is 1.36. The van der Waals surface area contributed by atoms with Crippen LogP contribution in [0.25, 0.3) is 0 Å². The molecule has 33 heavy (non-hydrogen) atoms. The number of carbonyl (C=O) groups is 1. The number of pyridine rings is 1. The summed E-state index contributed by atoms with van der Waals surface area (Å²) in [6.07, 6.45) is 4.44. The molecule has 8 nitrogen and oxygen atoms in total. The number of hydrogen-bond donors (Lipinski definition) is 1. The number of epoxide rings is 1. The number of nitrogens with one attached hydrogen (secondary N) is 1. The molecule has 3 aliphatic rings. The smallest absolute Gasteiger partial charge is 0.410 e. The van der Waals surface area contributed by atoms with Gasteiger partial charge in [0.05, 0.1) is 30.5 Å². The summed E-state index contributed by atoms with van der Waals surface area (Å²) in [6, 6.07) is 5.91. The molecule has 1 aliphatic carbocycles. The number of anilines is 1. The maximum absolute atomic E-state index is 12.9. The highest BCUT2D eigenvalue weighted by Gasteiger charge is 2.64. The molecule has 0 unspecified atom stereocenters. The highest BCUT2D eigenvalue weighted by Crippen LogP contribution is 2.52. The van der Waals surface area contributed by atoms with E-state index in [1.807, 2.05) is 18.2 Å². The van der Waals surface area contributed by atoms with Crippen molar-refractivity contribution in [2.45, 2.75) is 70.0 Å². The van der Waals surface area contributed by atoms with Crippen LogP contribution in [0, 0.1) is 5.92 Å². The molecule has 1 spiro atoms. The quantitative estimate of drug-likeness (QED) is 0.469. The first-order valence-corrected chi connectivity index (χ1v) is 11.8. The molecule has 4 atom stereocenters. The van der Waals surface area contributed by atoms with E-state index in [0.717, 1.165) is 12.2 Å². The van der Waals surface area contributed by atoms with Gasteiger partial charge in [-0.15, -0.1) is 0 Å². The molecule has 182 valence electrons. The molecule has 4 rings (SSSR count). The zero-order valence-electron chi connectivity index (χ0n) is 20.4. The van der Waals surface area contributed by atoms with E-state index in [4.69, 9.17) is 18.9 Å². The fraction of sp³-hybridized carbons (Fsp3) is 0.680. The lowest BCUT2D eigenvalue weighted by molar-refractivity contribution is -0.174. The van der Waals surface area contributed by atoms with Crippen molar-refractivity contribution < 1.29 is 23.7 Å². The summed E-state index contributed by atoms with van der Waals surface area (Å²) in [6.45, 7) is 10.7. The molecule has 2 saturated heterocycles. The van der Waals surface area contributed by atoms with E-state index in [1.165, 1.54) is 5.57 Å². The van der Waals surface area contributed by atoms with Crippen molar-refractivity contribution in [3.8, 4) is 0 Å². The second kappa shape index (κ2) is 9.60. The minimum absolute atomic E-state index is 0.0397. The molecule has 3 fully saturated rings. The molecule has 0 aromatic carbocycles. The molecule has 1 saturated carbocycles. The molecule has 0 bridgehead atoms. The number of hydrogen-bond acceptors (Lipinski definition) is 7. The molecule has 1 amide bonds. The van der Waals surface area contributed by atoms with Crippen LogP contribution in [0.5, 0.6) is 0 Å². The third kappa shape index (κ3) is 5.34. The van der Waals surface area contributed by atoms with E-state index in [9.17, 15) is 4.79 Å². The molecule has 8 heteroatoms. The average molecular weight is 460 g/mol. The SMILES string of the molecule is CO[C@H]1[C@H](C(C)(C)OCC=C(C)C)[C@]2(CC[C@H]1OC(=O)N1CC(Nc3ccccn3)C1)CO2.